The molecule has 2 heterocycles. The number of hydrogen-bond donors (Lipinski definition) is 2. The van der Waals surface area contributed by atoms with Gasteiger partial charge >= 0.3 is 5.97 Å². The fraction of sp³-hybridized carbons (Fsp3) is 0.222. The maximum atomic E-state index is 12.3. The normalized spacial score (nSPS) is 17.8. The number of nitrogens with one attached hydrogen (secondary N) is 2. The third kappa shape index (κ3) is 3.21. The molecule has 2 aromatic carbocycles. The minimum Gasteiger partial charge on any atom is -0.486 e. The van der Waals surface area contributed by atoms with Gasteiger partial charge in [0.25, 0.3) is 0 Å². The first-order valence-corrected chi connectivity index (χ1v) is 7.96. The molecule has 25 heavy (non-hydrogen) atoms. The third-order valence-corrected chi connectivity index (χ3v) is 3.93. The van der Waals surface area contributed by atoms with E-state index in [0.29, 0.717) is 41.8 Å². The van der Waals surface area contributed by atoms with Crippen LogP contribution < -0.4 is 24.8 Å². The molecular formula is C18H16N2O5. The Morgan fingerprint density at radius 1 is 1.08 bits per heavy atom. The van der Waals surface area contributed by atoms with Crippen LogP contribution in [0, 0.1) is 0 Å². The molecule has 0 bridgehead atoms. The van der Waals surface area contributed by atoms with Crippen LogP contribution in [-0.2, 0) is 9.59 Å². The second-order valence-electron chi connectivity index (χ2n) is 5.72. The van der Waals surface area contributed by atoms with Gasteiger partial charge in [-0.05, 0) is 24.3 Å². The minimum absolute atomic E-state index is 0.0401. The summed E-state index contributed by atoms with van der Waals surface area (Å²) in [5, 5.41) is 5.79. The Labute approximate surface area is 143 Å². The van der Waals surface area contributed by atoms with Gasteiger partial charge in [0.2, 0.25) is 5.91 Å². The first kappa shape index (κ1) is 15.3. The van der Waals surface area contributed by atoms with Gasteiger partial charge in [-0.15, -0.1) is 0 Å². The molecule has 0 fully saturated rings. The van der Waals surface area contributed by atoms with E-state index in [1.807, 2.05) is 6.07 Å². The number of ether oxygens (including phenoxy) is 3. The van der Waals surface area contributed by atoms with Gasteiger partial charge in [-0.2, -0.15) is 0 Å². The Balaban J connectivity index is 1.42. The third-order valence-electron chi connectivity index (χ3n) is 3.93. The number of carbonyl (C=O) groups excluding carboxylic acids is 2. The number of amides is 1. The largest absolute Gasteiger partial charge is 0.486 e. The molecule has 7 nitrogen and oxygen atoms in total. The summed E-state index contributed by atoms with van der Waals surface area (Å²) in [6, 6.07) is 11.6. The highest BCUT2D eigenvalue weighted by atomic mass is 16.6. The predicted octanol–water partition coefficient (Wildman–Crippen LogP) is 2.19. The first-order chi connectivity index (χ1) is 12.2. The van der Waals surface area contributed by atoms with Crippen LogP contribution in [0.2, 0.25) is 0 Å². The quantitative estimate of drug-likeness (QED) is 0.658. The van der Waals surface area contributed by atoms with Crippen LogP contribution in [0.25, 0.3) is 0 Å². The lowest BCUT2D eigenvalue weighted by Gasteiger charge is -2.25. The van der Waals surface area contributed by atoms with Gasteiger partial charge in [-0.3, -0.25) is 4.79 Å². The SMILES string of the molecule is O=C(CC1Nc2ccccc2OC1=O)Nc1ccc2c(c1)OCCO2. The molecule has 2 aromatic rings. The smallest absolute Gasteiger partial charge is 0.334 e. The summed E-state index contributed by atoms with van der Waals surface area (Å²) in [6.07, 6.45) is -0.0401. The van der Waals surface area contributed by atoms with Gasteiger partial charge in [-0.25, -0.2) is 4.79 Å². The van der Waals surface area contributed by atoms with E-state index in [9.17, 15) is 9.59 Å². The zero-order valence-electron chi connectivity index (χ0n) is 13.3. The van der Waals surface area contributed by atoms with Crippen LogP contribution in [-0.4, -0.2) is 31.1 Å². The van der Waals surface area contributed by atoms with E-state index in [2.05, 4.69) is 10.6 Å². The maximum Gasteiger partial charge on any atom is 0.334 e. The van der Waals surface area contributed by atoms with Gasteiger partial charge in [0.05, 0.1) is 12.1 Å². The highest BCUT2D eigenvalue weighted by molar-refractivity contribution is 5.97. The lowest BCUT2D eigenvalue weighted by Crippen LogP contribution is -2.39. The van der Waals surface area contributed by atoms with Crippen molar-refractivity contribution < 1.29 is 23.8 Å². The Kier molecular flexibility index (Phi) is 3.89. The van der Waals surface area contributed by atoms with Crippen molar-refractivity contribution in [1.82, 2.24) is 0 Å². The van der Waals surface area contributed by atoms with Crippen molar-refractivity contribution in [3.63, 3.8) is 0 Å². The molecule has 1 unspecified atom stereocenters. The van der Waals surface area contributed by atoms with Crippen LogP contribution in [0.1, 0.15) is 6.42 Å². The van der Waals surface area contributed by atoms with Crippen LogP contribution in [0.4, 0.5) is 11.4 Å². The summed E-state index contributed by atoms with van der Waals surface area (Å²) >= 11 is 0. The summed E-state index contributed by atoms with van der Waals surface area (Å²) in [4.78, 5) is 24.3. The van der Waals surface area contributed by atoms with E-state index in [4.69, 9.17) is 14.2 Å². The molecule has 0 spiro atoms. The first-order valence-electron chi connectivity index (χ1n) is 7.96. The Morgan fingerprint density at radius 2 is 1.88 bits per heavy atom. The van der Waals surface area contributed by atoms with Crippen molar-refractivity contribution in [2.24, 2.45) is 0 Å². The molecule has 0 aromatic heterocycles. The summed E-state index contributed by atoms with van der Waals surface area (Å²) < 4.78 is 16.2. The van der Waals surface area contributed by atoms with Crippen molar-refractivity contribution in [3.8, 4) is 17.2 Å². The minimum atomic E-state index is -0.730. The van der Waals surface area contributed by atoms with Gasteiger partial charge < -0.3 is 24.8 Å². The fourth-order valence-electron chi connectivity index (χ4n) is 2.75. The van der Waals surface area contributed by atoms with E-state index in [1.54, 1.807) is 36.4 Å². The van der Waals surface area contributed by atoms with Crippen molar-refractivity contribution >= 4 is 23.3 Å². The molecule has 4 rings (SSSR count). The summed E-state index contributed by atoms with van der Waals surface area (Å²) in [6.45, 7) is 0.983. The lowest BCUT2D eigenvalue weighted by atomic mass is 10.1. The van der Waals surface area contributed by atoms with Gasteiger partial charge in [0.1, 0.15) is 19.3 Å². The average molecular weight is 340 g/mol. The standard InChI is InChI=1S/C18H16N2O5/c21-17(19-11-5-6-15-16(9-11)24-8-7-23-15)10-13-18(22)25-14-4-2-1-3-12(14)20-13/h1-6,9,13,20H,7-8,10H2,(H,19,21). The fourth-order valence-corrected chi connectivity index (χ4v) is 2.75. The van der Waals surface area contributed by atoms with E-state index in [-0.39, 0.29) is 12.3 Å². The number of carbonyl (C=O) groups is 2. The van der Waals surface area contributed by atoms with Crippen LogP contribution >= 0.6 is 0 Å². The zero-order valence-corrected chi connectivity index (χ0v) is 13.3. The molecule has 1 atom stereocenters. The number of benzene rings is 2. The molecule has 128 valence electrons. The van der Waals surface area contributed by atoms with Crippen LogP contribution in [0.5, 0.6) is 17.2 Å². The maximum absolute atomic E-state index is 12.3. The van der Waals surface area contributed by atoms with Crippen molar-refractivity contribution in [2.45, 2.75) is 12.5 Å². The molecule has 0 saturated heterocycles. The van der Waals surface area contributed by atoms with Crippen LogP contribution in [0.15, 0.2) is 42.5 Å². The molecule has 0 saturated carbocycles. The number of hydrogen-bond acceptors (Lipinski definition) is 6. The summed E-state index contributed by atoms with van der Waals surface area (Å²) in [5.74, 6) is 0.934. The summed E-state index contributed by atoms with van der Waals surface area (Å²) in [5.41, 5.74) is 1.28. The highest BCUT2D eigenvalue weighted by Gasteiger charge is 2.29. The van der Waals surface area contributed by atoms with Gasteiger partial charge in [0, 0.05) is 11.8 Å². The monoisotopic (exact) mass is 340 g/mol. The molecule has 2 aliphatic heterocycles. The number of para-hydroxylation sites is 2. The number of fused-ring (bicyclic) bond motifs is 2. The number of rotatable bonds is 3. The zero-order chi connectivity index (χ0) is 17.2. The van der Waals surface area contributed by atoms with Crippen molar-refractivity contribution in [3.05, 3.63) is 42.5 Å². The van der Waals surface area contributed by atoms with Gasteiger partial charge in [-0.1, -0.05) is 12.1 Å². The van der Waals surface area contributed by atoms with Crippen LogP contribution in [0.3, 0.4) is 0 Å². The molecule has 0 aliphatic carbocycles. The van der Waals surface area contributed by atoms with E-state index >= 15 is 0 Å². The molecular weight excluding hydrogens is 324 g/mol. The number of anilines is 2. The van der Waals surface area contributed by atoms with Crippen molar-refractivity contribution in [1.29, 1.82) is 0 Å². The molecule has 0 radical (unpaired) electrons. The Hall–Kier alpha value is -3.22. The lowest BCUT2D eigenvalue weighted by molar-refractivity contribution is -0.137. The molecule has 2 aliphatic rings. The molecule has 2 N–H and O–H groups in total. The highest BCUT2D eigenvalue weighted by Crippen LogP contribution is 2.33. The summed E-state index contributed by atoms with van der Waals surface area (Å²) in [7, 11) is 0. The second kappa shape index (κ2) is 6.35. The topological polar surface area (TPSA) is 85.9 Å². The molecule has 1 amide bonds. The predicted molar refractivity (Wildman–Crippen MR) is 90.2 cm³/mol. The van der Waals surface area contributed by atoms with Gasteiger partial charge in [0.15, 0.2) is 17.2 Å². The number of esters is 1. The average Bonchev–Trinajstić information content (AvgIpc) is 2.62. The Bertz CT molecular complexity index is 836. The van der Waals surface area contributed by atoms with E-state index in [0.717, 1.165) is 0 Å². The van der Waals surface area contributed by atoms with Crippen molar-refractivity contribution in [2.75, 3.05) is 23.8 Å². The van der Waals surface area contributed by atoms with E-state index in [1.165, 1.54) is 0 Å². The molecule has 7 heteroatoms. The van der Waals surface area contributed by atoms with E-state index < -0.39 is 12.0 Å². The second-order valence-corrected chi connectivity index (χ2v) is 5.72. The Morgan fingerprint density at radius 3 is 2.76 bits per heavy atom.